The number of rotatable bonds is 7. The van der Waals surface area contributed by atoms with Gasteiger partial charge >= 0.3 is 6.36 Å². The van der Waals surface area contributed by atoms with Gasteiger partial charge in [-0.2, -0.15) is 10.2 Å². The predicted octanol–water partition coefficient (Wildman–Crippen LogP) is 5.50. The van der Waals surface area contributed by atoms with Crippen LogP contribution in [-0.4, -0.2) is 50.0 Å². The van der Waals surface area contributed by atoms with Crippen LogP contribution in [0.4, 0.5) is 24.5 Å². The topological polar surface area (TPSA) is 123 Å². The highest BCUT2D eigenvalue weighted by Gasteiger charge is 2.32. The van der Waals surface area contributed by atoms with Crippen LogP contribution in [0.2, 0.25) is 0 Å². The van der Waals surface area contributed by atoms with Crippen molar-refractivity contribution in [2.45, 2.75) is 26.1 Å². The molecule has 0 bridgehead atoms. The zero-order valence-corrected chi connectivity index (χ0v) is 23.5. The Balaban J connectivity index is 1.37. The second kappa shape index (κ2) is 11.6. The van der Waals surface area contributed by atoms with Gasteiger partial charge in [-0.3, -0.25) is 9.69 Å². The SMILES string of the molecule is CC(C)c1ccccc1N1C(=O)CS/C1=N\N=C\c1ccc2c(C(N)=Nc3ccc(OC(F)(F)F)cc3)nn(C)c2n1. The summed E-state index contributed by atoms with van der Waals surface area (Å²) in [5.74, 6) is 0.134. The number of benzene rings is 2. The van der Waals surface area contributed by atoms with E-state index < -0.39 is 6.36 Å². The van der Waals surface area contributed by atoms with Gasteiger partial charge in [0.05, 0.1) is 34.4 Å². The van der Waals surface area contributed by atoms with Crippen LogP contribution in [0.1, 0.15) is 36.7 Å². The van der Waals surface area contributed by atoms with Gasteiger partial charge in [0, 0.05) is 7.05 Å². The summed E-state index contributed by atoms with van der Waals surface area (Å²) in [5, 5.41) is 14.0. The highest BCUT2D eigenvalue weighted by atomic mass is 32.2. The number of thioether (sulfide) groups is 1. The fourth-order valence-electron chi connectivity index (χ4n) is 4.31. The van der Waals surface area contributed by atoms with E-state index in [2.05, 4.69) is 43.9 Å². The van der Waals surface area contributed by atoms with Crippen LogP contribution in [-0.2, 0) is 11.8 Å². The lowest BCUT2D eigenvalue weighted by Crippen LogP contribution is -2.30. The molecule has 216 valence electrons. The van der Waals surface area contributed by atoms with Gasteiger partial charge in [-0.15, -0.1) is 18.3 Å². The normalized spacial score (nSPS) is 15.6. The summed E-state index contributed by atoms with van der Waals surface area (Å²) in [5.41, 5.74) is 9.72. The summed E-state index contributed by atoms with van der Waals surface area (Å²) >= 11 is 1.32. The third-order valence-electron chi connectivity index (χ3n) is 6.17. The van der Waals surface area contributed by atoms with Gasteiger partial charge in [-0.1, -0.05) is 43.8 Å². The number of pyridine rings is 1. The summed E-state index contributed by atoms with van der Waals surface area (Å²) in [6, 6.07) is 16.2. The van der Waals surface area contributed by atoms with Crippen LogP contribution < -0.4 is 15.4 Å². The smallest absolute Gasteiger partial charge is 0.406 e. The van der Waals surface area contributed by atoms with Crippen LogP contribution in [0, 0.1) is 0 Å². The van der Waals surface area contributed by atoms with E-state index in [0.29, 0.717) is 33.3 Å². The Morgan fingerprint density at radius 2 is 1.86 bits per heavy atom. The number of carbonyl (C=O) groups excluding carboxylic acids is 1. The Morgan fingerprint density at radius 1 is 1.12 bits per heavy atom. The number of alkyl halides is 3. The second-order valence-corrected chi connectivity index (χ2v) is 10.4. The Hall–Kier alpha value is -4.72. The van der Waals surface area contributed by atoms with E-state index in [4.69, 9.17) is 5.73 Å². The zero-order chi connectivity index (χ0) is 30.0. The van der Waals surface area contributed by atoms with Gasteiger partial charge in [-0.05, 0) is 53.9 Å². The van der Waals surface area contributed by atoms with Crippen molar-refractivity contribution in [2.24, 2.45) is 28.0 Å². The lowest BCUT2D eigenvalue weighted by Gasteiger charge is -2.20. The molecule has 0 radical (unpaired) electrons. The molecule has 3 heterocycles. The number of para-hydroxylation sites is 1. The third kappa shape index (κ3) is 6.28. The Labute approximate surface area is 242 Å². The number of hydrogen-bond donors (Lipinski definition) is 1. The number of nitrogens with two attached hydrogens (primary N) is 1. The van der Waals surface area contributed by atoms with Crippen LogP contribution in [0.3, 0.4) is 0 Å². The summed E-state index contributed by atoms with van der Waals surface area (Å²) in [7, 11) is 1.70. The number of fused-ring (bicyclic) bond motifs is 1. The molecule has 2 aromatic heterocycles. The minimum Gasteiger partial charge on any atom is -0.406 e. The number of aromatic nitrogens is 3. The standard InChI is InChI=1S/C28H25F3N8O2S/c1-16(2)20-6-4-5-7-22(20)39-23(40)15-42-27(39)36-33-14-18-10-13-21-24(37-38(3)26(21)35-18)25(32)34-17-8-11-19(12-9-17)41-28(29,30)31/h4-14,16H,15H2,1-3H3,(H2,32,34)/b33-14+,36-27-. The number of amidine groups is 2. The number of anilines is 1. The van der Waals surface area contributed by atoms with Crippen molar-refractivity contribution in [3.05, 3.63) is 77.6 Å². The average molecular weight is 595 g/mol. The van der Waals surface area contributed by atoms with E-state index in [1.54, 1.807) is 24.1 Å². The molecule has 0 unspecified atom stereocenters. The molecule has 5 rings (SSSR count). The molecular weight excluding hydrogens is 569 g/mol. The second-order valence-electron chi connectivity index (χ2n) is 9.48. The first kappa shape index (κ1) is 28.8. The molecular formula is C28H25F3N8O2S. The molecule has 2 N–H and O–H groups in total. The van der Waals surface area contributed by atoms with Gasteiger partial charge in [0.2, 0.25) is 5.91 Å². The van der Waals surface area contributed by atoms with Crippen LogP contribution >= 0.6 is 11.8 Å². The van der Waals surface area contributed by atoms with E-state index >= 15 is 0 Å². The maximum atomic E-state index is 12.7. The lowest BCUT2D eigenvalue weighted by atomic mass is 10.0. The highest BCUT2D eigenvalue weighted by Crippen LogP contribution is 2.33. The first-order valence-corrected chi connectivity index (χ1v) is 13.7. The molecule has 42 heavy (non-hydrogen) atoms. The quantitative estimate of drug-likeness (QED) is 0.171. The molecule has 4 aromatic rings. The highest BCUT2D eigenvalue weighted by molar-refractivity contribution is 8.15. The van der Waals surface area contributed by atoms with E-state index in [1.807, 2.05) is 24.3 Å². The zero-order valence-electron chi connectivity index (χ0n) is 22.7. The number of carbonyl (C=O) groups is 1. The molecule has 1 fully saturated rings. The Kier molecular flexibility index (Phi) is 7.98. The number of aryl methyl sites for hydroxylation is 1. The van der Waals surface area contributed by atoms with Crippen molar-refractivity contribution in [3.63, 3.8) is 0 Å². The molecule has 1 amide bonds. The van der Waals surface area contributed by atoms with E-state index in [1.165, 1.54) is 34.8 Å². The summed E-state index contributed by atoms with van der Waals surface area (Å²) < 4.78 is 42.6. The summed E-state index contributed by atoms with van der Waals surface area (Å²) in [4.78, 5) is 23.2. The van der Waals surface area contributed by atoms with Crippen molar-refractivity contribution in [1.29, 1.82) is 0 Å². The third-order valence-corrected chi connectivity index (χ3v) is 7.08. The summed E-state index contributed by atoms with van der Waals surface area (Å²) in [6.45, 7) is 4.14. The van der Waals surface area contributed by atoms with Crippen LogP contribution in [0.25, 0.3) is 11.0 Å². The van der Waals surface area contributed by atoms with E-state index in [0.717, 1.165) is 23.4 Å². The number of ether oxygens (including phenoxy) is 1. The van der Waals surface area contributed by atoms with Crippen molar-refractivity contribution in [2.75, 3.05) is 10.7 Å². The Bertz CT molecular complexity index is 1730. The van der Waals surface area contributed by atoms with Crippen LogP contribution in [0.5, 0.6) is 5.75 Å². The van der Waals surface area contributed by atoms with E-state index in [-0.39, 0.29) is 29.2 Å². The summed E-state index contributed by atoms with van der Waals surface area (Å²) in [6.07, 6.45) is -3.30. The van der Waals surface area contributed by atoms with E-state index in [9.17, 15) is 18.0 Å². The molecule has 0 aliphatic carbocycles. The molecule has 0 spiro atoms. The monoisotopic (exact) mass is 594 g/mol. The average Bonchev–Trinajstić information content (AvgIpc) is 3.47. The fourth-order valence-corrected chi connectivity index (χ4v) is 5.13. The van der Waals surface area contributed by atoms with Gasteiger partial charge in [0.25, 0.3) is 0 Å². The Morgan fingerprint density at radius 3 is 2.57 bits per heavy atom. The minimum atomic E-state index is -4.78. The number of hydrogen-bond acceptors (Lipinski definition) is 8. The van der Waals surface area contributed by atoms with Gasteiger partial charge in [-0.25, -0.2) is 14.7 Å². The van der Waals surface area contributed by atoms with Gasteiger partial charge < -0.3 is 10.5 Å². The molecule has 14 heteroatoms. The first-order valence-electron chi connectivity index (χ1n) is 12.7. The molecule has 0 atom stereocenters. The van der Waals surface area contributed by atoms with Crippen molar-refractivity contribution in [1.82, 2.24) is 14.8 Å². The number of nitrogens with zero attached hydrogens (tertiary/aromatic N) is 7. The minimum absolute atomic E-state index is 0.0596. The number of halogens is 3. The number of aliphatic imine (C=N–C) groups is 1. The van der Waals surface area contributed by atoms with Crippen molar-refractivity contribution >= 4 is 57.3 Å². The van der Waals surface area contributed by atoms with Crippen LogP contribution in [0.15, 0.2) is 75.9 Å². The molecule has 2 aromatic carbocycles. The maximum absolute atomic E-state index is 12.7. The maximum Gasteiger partial charge on any atom is 0.573 e. The molecule has 10 nitrogen and oxygen atoms in total. The van der Waals surface area contributed by atoms with Gasteiger partial charge in [0.1, 0.15) is 11.4 Å². The number of amides is 1. The largest absolute Gasteiger partial charge is 0.573 e. The van der Waals surface area contributed by atoms with Gasteiger partial charge in [0.15, 0.2) is 16.7 Å². The molecule has 1 saturated heterocycles. The lowest BCUT2D eigenvalue weighted by molar-refractivity contribution is -0.274. The predicted molar refractivity (Wildman–Crippen MR) is 158 cm³/mol. The fraction of sp³-hybridized carbons (Fsp3) is 0.214. The molecule has 1 aliphatic heterocycles. The first-order chi connectivity index (χ1) is 20.0. The van der Waals surface area contributed by atoms with Crippen molar-refractivity contribution in [3.8, 4) is 5.75 Å². The van der Waals surface area contributed by atoms with Crippen molar-refractivity contribution < 1.29 is 22.7 Å². The molecule has 0 saturated carbocycles. The molecule has 1 aliphatic rings.